The molecule has 0 radical (unpaired) electrons. The van der Waals surface area contributed by atoms with E-state index < -0.39 is 0 Å². The molecule has 3 nitrogen and oxygen atoms in total. The van der Waals surface area contributed by atoms with Crippen molar-refractivity contribution in [3.63, 3.8) is 0 Å². The van der Waals surface area contributed by atoms with Crippen molar-refractivity contribution in [3.05, 3.63) is 41.4 Å². The molecule has 3 aromatic rings. The van der Waals surface area contributed by atoms with Gasteiger partial charge < -0.3 is 14.1 Å². The standard InChI is InChI=1S/C12H8BClO3.BH3/c14-7-4-5-8-11(6-7)16-9-2-1-3-10(12(8)9)17-13-15;/h1-6,13,15H;1H3. The molecule has 0 fully saturated rings. The van der Waals surface area contributed by atoms with E-state index in [2.05, 4.69) is 0 Å². The van der Waals surface area contributed by atoms with Crippen molar-refractivity contribution in [1.82, 2.24) is 0 Å². The molecule has 1 N–H and O–H groups in total. The average Bonchev–Trinajstić information content (AvgIpc) is 2.67. The maximum absolute atomic E-state index is 8.86. The van der Waals surface area contributed by atoms with Crippen molar-refractivity contribution in [2.45, 2.75) is 0 Å². The van der Waals surface area contributed by atoms with Gasteiger partial charge >= 0.3 is 7.69 Å². The van der Waals surface area contributed by atoms with Crippen LogP contribution in [-0.4, -0.2) is 21.1 Å². The van der Waals surface area contributed by atoms with Crippen LogP contribution in [0.25, 0.3) is 21.9 Å². The normalized spacial score (nSPS) is 10.3. The van der Waals surface area contributed by atoms with E-state index in [1.165, 1.54) is 0 Å². The fourth-order valence-electron chi connectivity index (χ4n) is 1.96. The van der Waals surface area contributed by atoms with Crippen LogP contribution >= 0.6 is 11.6 Å². The van der Waals surface area contributed by atoms with Crippen LogP contribution in [0.5, 0.6) is 5.75 Å². The number of rotatable bonds is 2. The summed E-state index contributed by atoms with van der Waals surface area (Å²) in [5.41, 5.74) is 1.43. The minimum atomic E-state index is -0.362. The SMILES string of the molecule is B.OBOc1cccc2oc3cc(Cl)ccc3c12. The highest BCUT2D eigenvalue weighted by Gasteiger charge is 2.11. The van der Waals surface area contributed by atoms with Gasteiger partial charge in [-0.1, -0.05) is 17.7 Å². The smallest absolute Gasteiger partial charge is 0.504 e. The van der Waals surface area contributed by atoms with E-state index in [1.54, 1.807) is 18.2 Å². The molecule has 1 aromatic heterocycles. The number of halogens is 1. The quantitative estimate of drug-likeness (QED) is 0.713. The lowest BCUT2D eigenvalue weighted by molar-refractivity contribution is 0.456. The first-order valence-corrected chi connectivity index (χ1v) is 5.52. The highest BCUT2D eigenvalue weighted by molar-refractivity contribution is 6.31. The zero-order chi connectivity index (χ0) is 11.8. The Bertz CT molecular complexity index is 696. The molecule has 18 heavy (non-hydrogen) atoms. The number of hydrogen-bond donors (Lipinski definition) is 1. The van der Waals surface area contributed by atoms with Crippen molar-refractivity contribution >= 4 is 49.6 Å². The zero-order valence-corrected chi connectivity index (χ0v) is 9.57. The maximum atomic E-state index is 8.86. The van der Waals surface area contributed by atoms with Crippen LogP contribution in [0.4, 0.5) is 0 Å². The molecule has 0 saturated carbocycles. The summed E-state index contributed by atoms with van der Waals surface area (Å²) in [6.45, 7) is 0. The summed E-state index contributed by atoms with van der Waals surface area (Å²) in [5, 5.41) is 11.3. The largest absolute Gasteiger partial charge is 0.538 e. The minimum Gasteiger partial charge on any atom is -0.538 e. The third-order valence-electron chi connectivity index (χ3n) is 2.64. The van der Waals surface area contributed by atoms with Gasteiger partial charge in [-0.05, 0) is 24.3 Å². The number of benzene rings is 2. The Morgan fingerprint density at radius 3 is 2.78 bits per heavy atom. The van der Waals surface area contributed by atoms with Crippen molar-refractivity contribution < 1.29 is 14.1 Å². The summed E-state index contributed by atoms with van der Waals surface area (Å²) in [4.78, 5) is 0. The molecule has 2 aromatic carbocycles. The van der Waals surface area contributed by atoms with E-state index in [0.717, 1.165) is 10.8 Å². The Labute approximate surface area is 111 Å². The van der Waals surface area contributed by atoms with Gasteiger partial charge in [0.15, 0.2) is 0 Å². The fourth-order valence-corrected chi connectivity index (χ4v) is 2.12. The first-order chi connectivity index (χ1) is 8.29. The van der Waals surface area contributed by atoms with Crippen molar-refractivity contribution in [2.75, 3.05) is 0 Å². The summed E-state index contributed by atoms with van der Waals surface area (Å²) in [7, 11) is -0.362. The molecule has 0 amide bonds. The summed E-state index contributed by atoms with van der Waals surface area (Å²) in [6, 6.07) is 10.9. The Balaban J connectivity index is 0.00000120. The van der Waals surface area contributed by atoms with Gasteiger partial charge in [-0.2, -0.15) is 0 Å². The van der Waals surface area contributed by atoms with E-state index in [0.29, 0.717) is 21.9 Å². The maximum Gasteiger partial charge on any atom is 0.504 e. The minimum absolute atomic E-state index is 0. The van der Waals surface area contributed by atoms with Crippen molar-refractivity contribution in [3.8, 4) is 5.75 Å². The van der Waals surface area contributed by atoms with E-state index in [1.807, 2.05) is 18.2 Å². The zero-order valence-electron chi connectivity index (χ0n) is 8.81. The highest BCUT2D eigenvalue weighted by Crippen LogP contribution is 2.36. The van der Waals surface area contributed by atoms with Crippen LogP contribution in [0.3, 0.4) is 0 Å². The third-order valence-corrected chi connectivity index (χ3v) is 2.88. The number of furan rings is 1. The molecular formula is C12H11B2ClO3. The lowest BCUT2D eigenvalue weighted by atomic mass is 10.1. The third kappa shape index (κ3) is 1.96. The van der Waals surface area contributed by atoms with Crippen LogP contribution in [0.15, 0.2) is 40.8 Å². The lowest BCUT2D eigenvalue weighted by Gasteiger charge is -2.02. The van der Waals surface area contributed by atoms with Crippen LogP contribution < -0.4 is 4.65 Å². The van der Waals surface area contributed by atoms with Crippen molar-refractivity contribution in [2.24, 2.45) is 0 Å². The van der Waals surface area contributed by atoms with Crippen LogP contribution in [0.2, 0.25) is 5.02 Å². The molecule has 0 bridgehead atoms. The van der Waals surface area contributed by atoms with E-state index in [9.17, 15) is 0 Å². The second-order valence-electron chi connectivity index (χ2n) is 3.65. The molecule has 0 atom stereocenters. The van der Waals surface area contributed by atoms with Gasteiger partial charge in [0, 0.05) is 16.5 Å². The van der Waals surface area contributed by atoms with Crippen LogP contribution in [-0.2, 0) is 0 Å². The molecular weight excluding hydrogens is 249 g/mol. The molecule has 0 unspecified atom stereocenters. The molecule has 1 heterocycles. The Kier molecular flexibility index (Phi) is 3.55. The number of hydrogen-bond acceptors (Lipinski definition) is 3. The second kappa shape index (κ2) is 4.96. The van der Waals surface area contributed by atoms with Crippen LogP contribution in [0, 0.1) is 0 Å². The summed E-state index contributed by atoms with van der Waals surface area (Å²) < 4.78 is 10.9. The summed E-state index contributed by atoms with van der Waals surface area (Å²) >= 11 is 5.92. The van der Waals surface area contributed by atoms with E-state index in [4.69, 9.17) is 25.7 Å². The van der Waals surface area contributed by atoms with Gasteiger partial charge in [0.25, 0.3) is 0 Å². The molecule has 90 valence electrons. The Hall–Kier alpha value is -1.58. The van der Waals surface area contributed by atoms with Gasteiger partial charge in [0.2, 0.25) is 0 Å². The predicted octanol–water partition coefficient (Wildman–Crippen LogP) is 1.69. The molecule has 0 spiro atoms. The predicted molar refractivity (Wildman–Crippen MR) is 78.7 cm³/mol. The average molecular weight is 260 g/mol. The highest BCUT2D eigenvalue weighted by atomic mass is 35.5. The first-order valence-electron chi connectivity index (χ1n) is 5.14. The lowest BCUT2D eigenvalue weighted by Crippen LogP contribution is -1.99. The molecule has 6 heteroatoms. The molecule has 3 rings (SSSR count). The molecule has 0 aliphatic rings. The Morgan fingerprint density at radius 1 is 1.17 bits per heavy atom. The monoisotopic (exact) mass is 260 g/mol. The first kappa shape index (κ1) is 12.9. The van der Waals surface area contributed by atoms with Gasteiger partial charge in [0.05, 0.1) is 13.8 Å². The molecule has 0 saturated heterocycles. The van der Waals surface area contributed by atoms with Crippen LogP contribution in [0.1, 0.15) is 0 Å². The summed E-state index contributed by atoms with van der Waals surface area (Å²) in [6.07, 6.45) is 0. The van der Waals surface area contributed by atoms with E-state index >= 15 is 0 Å². The summed E-state index contributed by atoms with van der Waals surface area (Å²) in [5.74, 6) is 0.603. The Morgan fingerprint density at radius 2 is 2.00 bits per heavy atom. The van der Waals surface area contributed by atoms with Gasteiger partial charge in [-0.15, -0.1) is 0 Å². The van der Waals surface area contributed by atoms with Gasteiger partial charge in [0.1, 0.15) is 16.9 Å². The topological polar surface area (TPSA) is 42.6 Å². The number of fused-ring (bicyclic) bond motifs is 3. The van der Waals surface area contributed by atoms with E-state index in [-0.39, 0.29) is 16.1 Å². The van der Waals surface area contributed by atoms with Gasteiger partial charge in [-0.3, -0.25) is 0 Å². The fraction of sp³-hybridized carbons (Fsp3) is 0. The van der Waals surface area contributed by atoms with Crippen molar-refractivity contribution in [1.29, 1.82) is 0 Å². The molecule has 0 aliphatic carbocycles. The van der Waals surface area contributed by atoms with Gasteiger partial charge in [-0.25, -0.2) is 0 Å². The second-order valence-corrected chi connectivity index (χ2v) is 4.08. The molecule has 0 aliphatic heterocycles.